The number of urea groups is 1. The van der Waals surface area contributed by atoms with Gasteiger partial charge in [0.2, 0.25) is 0 Å². The topological polar surface area (TPSA) is 41.1 Å². The van der Waals surface area contributed by atoms with Crippen LogP contribution in [0.25, 0.3) is 0 Å². The minimum atomic E-state index is -4.35. The van der Waals surface area contributed by atoms with E-state index in [1.165, 1.54) is 12.1 Å². The lowest BCUT2D eigenvalue weighted by atomic mass is 9.84. The van der Waals surface area contributed by atoms with Crippen LogP contribution in [0.15, 0.2) is 12.1 Å². The second-order valence-corrected chi connectivity index (χ2v) is 6.14. The first-order valence-electron chi connectivity index (χ1n) is 6.82. The molecule has 0 saturated carbocycles. The number of hydrogen-bond acceptors (Lipinski definition) is 1. The molecule has 0 radical (unpaired) electrons. The molecule has 0 aromatic heterocycles. The number of aryl methyl sites for hydroxylation is 1. The second-order valence-electron chi connectivity index (χ2n) is 6.14. The van der Waals surface area contributed by atoms with Gasteiger partial charge in [-0.25, -0.2) is 9.18 Å². The van der Waals surface area contributed by atoms with Crippen LogP contribution in [0.3, 0.4) is 0 Å². The number of halogens is 4. The standard InChI is InChI=1S/C15H20F4N2O/c1-9-7-11(16)12(8-10(9)14(2,3)4)21-13(22)20-6-5-15(17,18)19/h7-8H,5-6H2,1-4H3,(H2,20,21,22). The third-order valence-corrected chi connectivity index (χ3v) is 3.06. The minimum absolute atomic E-state index is 0.0555. The van der Waals surface area contributed by atoms with Crippen LogP contribution in [-0.2, 0) is 5.41 Å². The zero-order valence-corrected chi connectivity index (χ0v) is 13.0. The Morgan fingerprint density at radius 2 is 1.77 bits per heavy atom. The number of benzene rings is 1. The number of nitrogens with one attached hydrogen (secondary N) is 2. The molecule has 0 aliphatic rings. The van der Waals surface area contributed by atoms with E-state index in [0.29, 0.717) is 0 Å². The normalized spacial score (nSPS) is 12.2. The third-order valence-electron chi connectivity index (χ3n) is 3.06. The van der Waals surface area contributed by atoms with Crippen LogP contribution in [0.5, 0.6) is 0 Å². The molecule has 0 spiro atoms. The molecule has 2 N–H and O–H groups in total. The molecule has 0 fully saturated rings. The van der Waals surface area contributed by atoms with E-state index in [1.54, 1.807) is 6.92 Å². The molecule has 0 heterocycles. The quantitative estimate of drug-likeness (QED) is 0.791. The monoisotopic (exact) mass is 320 g/mol. The maximum atomic E-state index is 13.9. The average Bonchev–Trinajstić information content (AvgIpc) is 2.29. The number of carbonyl (C=O) groups excluding carboxylic acids is 1. The summed E-state index contributed by atoms with van der Waals surface area (Å²) < 4.78 is 49.8. The first kappa shape index (κ1) is 18.3. The van der Waals surface area contributed by atoms with Crippen LogP contribution >= 0.6 is 0 Å². The van der Waals surface area contributed by atoms with Gasteiger partial charge in [0, 0.05) is 6.54 Å². The number of carbonyl (C=O) groups is 1. The van der Waals surface area contributed by atoms with Crippen molar-refractivity contribution < 1.29 is 22.4 Å². The molecule has 2 amide bonds. The van der Waals surface area contributed by atoms with E-state index in [4.69, 9.17) is 0 Å². The Kier molecular flexibility index (Phi) is 5.43. The average molecular weight is 320 g/mol. The summed E-state index contributed by atoms with van der Waals surface area (Å²) in [5, 5.41) is 4.29. The number of alkyl halides is 3. The van der Waals surface area contributed by atoms with Gasteiger partial charge in [-0.05, 0) is 35.6 Å². The van der Waals surface area contributed by atoms with E-state index in [-0.39, 0.29) is 11.1 Å². The highest BCUT2D eigenvalue weighted by Crippen LogP contribution is 2.30. The van der Waals surface area contributed by atoms with Crippen molar-refractivity contribution in [1.29, 1.82) is 0 Å². The zero-order chi connectivity index (χ0) is 17.1. The van der Waals surface area contributed by atoms with Crippen LogP contribution < -0.4 is 10.6 Å². The minimum Gasteiger partial charge on any atom is -0.338 e. The zero-order valence-electron chi connectivity index (χ0n) is 13.0. The molecule has 3 nitrogen and oxygen atoms in total. The first-order chi connectivity index (χ1) is 9.90. The lowest BCUT2D eigenvalue weighted by Gasteiger charge is -2.23. The molecule has 0 atom stereocenters. The molecule has 0 unspecified atom stereocenters. The Labute approximate surface area is 127 Å². The van der Waals surface area contributed by atoms with Crippen LogP contribution in [0.4, 0.5) is 28.0 Å². The molecule has 1 aromatic rings. The number of amides is 2. The highest BCUT2D eigenvalue weighted by atomic mass is 19.4. The van der Waals surface area contributed by atoms with E-state index in [0.717, 1.165) is 11.1 Å². The molecule has 124 valence electrons. The fraction of sp³-hybridized carbons (Fsp3) is 0.533. The summed E-state index contributed by atoms with van der Waals surface area (Å²) in [4.78, 5) is 11.5. The van der Waals surface area contributed by atoms with Gasteiger partial charge in [0.05, 0.1) is 12.1 Å². The van der Waals surface area contributed by atoms with Crippen molar-refractivity contribution in [3.8, 4) is 0 Å². The smallest absolute Gasteiger partial charge is 0.338 e. The summed E-state index contributed by atoms with van der Waals surface area (Å²) in [6, 6.07) is 1.94. The summed E-state index contributed by atoms with van der Waals surface area (Å²) in [6.07, 6.45) is -5.48. The Morgan fingerprint density at radius 1 is 1.18 bits per heavy atom. The summed E-state index contributed by atoms with van der Waals surface area (Å²) >= 11 is 0. The van der Waals surface area contributed by atoms with Gasteiger partial charge in [0.15, 0.2) is 0 Å². The van der Waals surface area contributed by atoms with Crippen molar-refractivity contribution in [2.75, 3.05) is 11.9 Å². The predicted molar refractivity (Wildman–Crippen MR) is 77.5 cm³/mol. The fourth-order valence-corrected chi connectivity index (χ4v) is 2.06. The lowest BCUT2D eigenvalue weighted by molar-refractivity contribution is -0.132. The maximum absolute atomic E-state index is 13.9. The van der Waals surface area contributed by atoms with Gasteiger partial charge in [-0.15, -0.1) is 0 Å². The van der Waals surface area contributed by atoms with E-state index in [9.17, 15) is 22.4 Å². The fourth-order valence-electron chi connectivity index (χ4n) is 2.06. The van der Waals surface area contributed by atoms with E-state index in [2.05, 4.69) is 10.6 Å². The predicted octanol–water partition coefficient (Wildman–Crippen LogP) is 4.51. The summed E-state index contributed by atoms with van der Waals surface area (Å²) in [5.74, 6) is -0.628. The molecule has 1 aromatic carbocycles. The highest BCUT2D eigenvalue weighted by Gasteiger charge is 2.26. The summed E-state index contributed by atoms with van der Waals surface area (Å²) in [6.45, 7) is 7.03. The van der Waals surface area contributed by atoms with E-state index < -0.39 is 31.0 Å². The Bertz CT molecular complexity index is 548. The first-order valence-corrected chi connectivity index (χ1v) is 6.82. The Hall–Kier alpha value is -1.79. The molecular formula is C15H20F4N2O. The molecule has 22 heavy (non-hydrogen) atoms. The van der Waals surface area contributed by atoms with Crippen molar-refractivity contribution in [1.82, 2.24) is 5.32 Å². The molecule has 7 heteroatoms. The van der Waals surface area contributed by atoms with Crippen molar-refractivity contribution in [2.24, 2.45) is 0 Å². The molecule has 0 bridgehead atoms. The van der Waals surface area contributed by atoms with Crippen molar-refractivity contribution in [2.45, 2.75) is 45.7 Å². The second kappa shape index (κ2) is 6.54. The van der Waals surface area contributed by atoms with Gasteiger partial charge in [0.25, 0.3) is 0 Å². The number of anilines is 1. The summed E-state index contributed by atoms with van der Waals surface area (Å²) in [7, 11) is 0. The third kappa shape index (κ3) is 5.54. The van der Waals surface area contributed by atoms with Gasteiger partial charge in [0.1, 0.15) is 5.82 Å². The molecular weight excluding hydrogens is 300 g/mol. The number of hydrogen-bond donors (Lipinski definition) is 2. The summed E-state index contributed by atoms with van der Waals surface area (Å²) in [5.41, 5.74) is 1.29. The number of rotatable bonds is 3. The Morgan fingerprint density at radius 3 is 2.27 bits per heavy atom. The van der Waals surface area contributed by atoms with Gasteiger partial charge < -0.3 is 10.6 Å². The highest BCUT2D eigenvalue weighted by molar-refractivity contribution is 5.89. The molecule has 1 rings (SSSR count). The van der Waals surface area contributed by atoms with Crippen molar-refractivity contribution in [3.05, 3.63) is 29.1 Å². The van der Waals surface area contributed by atoms with Crippen LogP contribution in [-0.4, -0.2) is 18.8 Å². The largest absolute Gasteiger partial charge is 0.390 e. The van der Waals surface area contributed by atoms with Crippen LogP contribution in [0.2, 0.25) is 0 Å². The van der Waals surface area contributed by atoms with Gasteiger partial charge >= 0.3 is 12.2 Å². The molecule has 0 saturated heterocycles. The van der Waals surface area contributed by atoms with Crippen LogP contribution in [0, 0.1) is 12.7 Å². The van der Waals surface area contributed by atoms with Crippen molar-refractivity contribution in [3.63, 3.8) is 0 Å². The molecule has 0 aliphatic heterocycles. The van der Waals surface area contributed by atoms with Crippen LogP contribution in [0.1, 0.15) is 38.3 Å². The van der Waals surface area contributed by atoms with E-state index >= 15 is 0 Å². The Balaban J connectivity index is 2.79. The SMILES string of the molecule is Cc1cc(F)c(NC(=O)NCCC(F)(F)F)cc1C(C)(C)C. The lowest BCUT2D eigenvalue weighted by Crippen LogP contribution is -2.32. The molecule has 0 aliphatic carbocycles. The van der Waals surface area contributed by atoms with Gasteiger partial charge in [-0.2, -0.15) is 13.2 Å². The maximum Gasteiger partial charge on any atom is 0.390 e. The van der Waals surface area contributed by atoms with Gasteiger partial charge in [-0.3, -0.25) is 0 Å². The van der Waals surface area contributed by atoms with Gasteiger partial charge in [-0.1, -0.05) is 20.8 Å². The van der Waals surface area contributed by atoms with E-state index in [1.807, 2.05) is 20.8 Å². The van der Waals surface area contributed by atoms with Crippen molar-refractivity contribution >= 4 is 11.7 Å².